The summed E-state index contributed by atoms with van der Waals surface area (Å²) in [5.74, 6) is 1.89. The Morgan fingerprint density at radius 2 is 2.00 bits per heavy atom. The minimum atomic E-state index is 0.179. The number of carbonyl (C=O) groups is 1. The van der Waals surface area contributed by atoms with Gasteiger partial charge in [-0.25, -0.2) is 4.98 Å². The predicted octanol–water partition coefficient (Wildman–Crippen LogP) is 2.62. The van der Waals surface area contributed by atoms with E-state index in [1.165, 1.54) is 0 Å². The molecule has 1 aliphatic rings. The molecular weight excluding hydrogens is 328 g/mol. The molecule has 0 saturated carbocycles. The molecule has 0 atom stereocenters. The van der Waals surface area contributed by atoms with Crippen LogP contribution in [0, 0.1) is 13.8 Å². The van der Waals surface area contributed by atoms with E-state index in [4.69, 9.17) is 16.1 Å². The molecule has 1 amide bonds. The maximum atomic E-state index is 12.4. The fourth-order valence-corrected chi connectivity index (χ4v) is 3.10. The van der Waals surface area contributed by atoms with Crippen LogP contribution in [0.1, 0.15) is 23.4 Å². The van der Waals surface area contributed by atoms with Crippen LogP contribution >= 0.6 is 11.6 Å². The Bertz CT molecular complexity index is 686. The number of aryl methyl sites for hydroxylation is 2. The summed E-state index contributed by atoms with van der Waals surface area (Å²) in [5, 5.41) is 4.56. The number of halogens is 1. The Hall–Kier alpha value is -2.08. The normalized spacial score (nSPS) is 15.0. The van der Waals surface area contributed by atoms with Crippen LogP contribution in [-0.2, 0) is 11.2 Å². The van der Waals surface area contributed by atoms with Crippen LogP contribution in [0.25, 0.3) is 0 Å². The van der Waals surface area contributed by atoms with Crippen LogP contribution < -0.4 is 4.90 Å². The second-order valence-corrected chi connectivity index (χ2v) is 6.44. The van der Waals surface area contributed by atoms with E-state index in [9.17, 15) is 4.79 Å². The van der Waals surface area contributed by atoms with Gasteiger partial charge >= 0.3 is 0 Å². The summed E-state index contributed by atoms with van der Waals surface area (Å²) in [6.07, 6.45) is 2.82. The van der Waals surface area contributed by atoms with E-state index in [0.717, 1.165) is 35.9 Å². The van der Waals surface area contributed by atoms with Crippen LogP contribution in [-0.4, -0.2) is 47.1 Å². The molecule has 2 aromatic heterocycles. The molecular formula is C17H21ClN4O2. The van der Waals surface area contributed by atoms with Crippen LogP contribution in [0.5, 0.6) is 0 Å². The highest BCUT2D eigenvalue weighted by atomic mass is 35.5. The average molecular weight is 349 g/mol. The van der Waals surface area contributed by atoms with Crippen LogP contribution in [0.4, 0.5) is 5.82 Å². The lowest BCUT2D eigenvalue weighted by molar-refractivity contribution is -0.131. The highest BCUT2D eigenvalue weighted by molar-refractivity contribution is 6.30. The lowest BCUT2D eigenvalue weighted by atomic mass is 10.1. The van der Waals surface area contributed by atoms with Crippen molar-refractivity contribution in [3.05, 3.63) is 40.4 Å². The fourth-order valence-electron chi connectivity index (χ4n) is 2.99. The van der Waals surface area contributed by atoms with Gasteiger partial charge < -0.3 is 14.3 Å². The Labute approximate surface area is 146 Å². The Kier molecular flexibility index (Phi) is 5.04. The number of piperazine rings is 1. The zero-order chi connectivity index (χ0) is 17.1. The molecule has 0 aromatic carbocycles. The van der Waals surface area contributed by atoms with Crippen molar-refractivity contribution in [3.8, 4) is 0 Å². The van der Waals surface area contributed by atoms with E-state index in [0.29, 0.717) is 31.0 Å². The zero-order valence-corrected chi connectivity index (χ0v) is 14.7. The molecule has 1 fully saturated rings. The molecule has 3 heterocycles. The number of pyridine rings is 1. The van der Waals surface area contributed by atoms with E-state index < -0.39 is 0 Å². The van der Waals surface area contributed by atoms with Gasteiger partial charge in [0.05, 0.1) is 10.7 Å². The van der Waals surface area contributed by atoms with E-state index in [1.54, 1.807) is 6.20 Å². The van der Waals surface area contributed by atoms with Gasteiger partial charge in [0, 0.05) is 44.4 Å². The van der Waals surface area contributed by atoms with Gasteiger partial charge in [-0.3, -0.25) is 4.79 Å². The highest BCUT2D eigenvalue weighted by Crippen LogP contribution is 2.18. The van der Waals surface area contributed by atoms with Gasteiger partial charge in [-0.2, -0.15) is 0 Å². The number of amides is 1. The lowest BCUT2D eigenvalue weighted by Crippen LogP contribution is -2.49. The summed E-state index contributed by atoms with van der Waals surface area (Å²) in [4.78, 5) is 20.9. The smallest absolute Gasteiger partial charge is 0.223 e. The molecule has 1 saturated heterocycles. The van der Waals surface area contributed by atoms with Crippen LogP contribution in [0.3, 0.4) is 0 Å². The van der Waals surface area contributed by atoms with Gasteiger partial charge in [-0.15, -0.1) is 0 Å². The summed E-state index contributed by atoms with van der Waals surface area (Å²) < 4.78 is 5.15. The maximum absolute atomic E-state index is 12.4. The van der Waals surface area contributed by atoms with Crippen molar-refractivity contribution in [2.75, 3.05) is 31.1 Å². The number of carbonyl (C=O) groups excluding carboxylic acids is 1. The number of nitrogens with zero attached hydrogens (tertiary/aromatic N) is 4. The minimum Gasteiger partial charge on any atom is -0.361 e. The summed E-state index contributed by atoms with van der Waals surface area (Å²) in [6, 6.07) is 3.75. The average Bonchev–Trinajstić information content (AvgIpc) is 2.92. The summed E-state index contributed by atoms with van der Waals surface area (Å²) >= 11 is 5.87. The van der Waals surface area contributed by atoms with Crippen molar-refractivity contribution in [2.45, 2.75) is 26.7 Å². The van der Waals surface area contributed by atoms with E-state index in [2.05, 4.69) is 15.0 Å². The number of hydrogen-bond donors (Lipinski definition) is 0. The van der Waals surface area contributed by atoms with Crippen molar-refractivity contribution in [2.24, 2.45) is 0 Å². The number of anilines is 1. The monoisotopic (exact) mass is 348 g/mol. The summed E-state index contributed by atoms with van der Waals surface area (Å²) in [5.41, 5.74) is 1.92. The first-order valence-electron chi connectivity index (χ1n) is 8.10. The molecule has 0 radical (unpaired) electrons. The predicted molar refractivity (Wildman–Crippen MR) is 92.3 cm³/mol. The molecule has 0 spiro atoms. The topological polar surface area (TPSA) is 62.5 Å². The van der Waals surface area contributed by atoms with Gasteiger partial charge in [0.15, 0.2) is 0 Å². The molecule has 1 aliphatic heterocycles. The highest BCUT2D eigenvalue weighted by Gasteiger charge is 2.22. The van der Waals surface area contributed by atoms with E-state index in [-0.39, 0.29) is 5.91 Å². The molecule has 0 N–H and O–H groups in total. The standard InChI is InChI=1S/C17H21ClN4O2/c1-12-15(13(2)24-20-12)4-6-17(23)22-9-7-21(8-10-22)16-5-3-14(18)11-19-16/h3,5,11H,4,6-10H2,1-2H3. The Morgan fingerprint density at radius 1 is 1.25 bits per heavy atom. The molecule has 128 valence electrons. The van der Waals surface area contributed by atoms with Crippen molar-refractivity contribution in [1.29, 1.82) is 0 Å². The summed E-state index contributed by atoms with van der Waals surface area (Å²) in [6.45, 7) is 6.79. The third kappa shape index (κ3) is 3.70. The van der Waals surface area contributed by atoms with Crippen LogP contribution in [0.15, 0.2) is 22.9 Å². The summed E-state index contributed by atoms with van der Waals surface area (Å²) in [7, 11) is 0. The van der Waals surface area contributed by atoms with E-state index in [1.807, 2.05) is 30.9 Å². The molecule has 2 aromatic rings. The molecule has 3 rings (SSSR count). The van der Waals surface area contributed by atoms with Crippen LogP contribution in [0.2, 0.25) is 5.02 Å². The van der Waals surface area contributed by atoms with Gasteiger partial charge in [0.2, 0.25) is 5.91 Å². The zero-order valence-electron chi connectivity index (χ0n) is 14.0. The fraction of sp³-hybridized carbons (Fsp3) is 0.471. The molecule has 0 aliphatic carbocycles. The van der Waals surface area contributed by atoms with Gasteiger partial charge in [0.25, 0.3) is 0 Å². The molecule has 6 nitrogen and oxygen atoms in total. The molecule has 24 heavy (non-hydrogen) atoms. The first-order chi connectivity index (χ1) is 11.5. The number of hydrogen-bond acceptors (Lipinski definition) is 5. The largest absolute Gasteiger partial charge is 0.361 e. The third-order valence-corrected chi connectivity index (χ3v) is 4.66. The van der Waals surface area contributed by atoms with Crippen molar-refractivity contribution < 1.29 is 9.32 Å². The Morgan fingerprint density at radius 3 is 2.58 bits per heavy atom. The van der Waals surface area contributed by atoms with Crippen molar-refractivity contribution in [1.82, 2.24) is 15.0 Å². The second kappa shape index (κ2) is 7.21. The molecule has 0 unspecified atom stereocenters. The quantitative estimate of drug-likeness (QED) is 0.850. The van der Waals surface area contributed by atoms with Crippen molar-refractivity contribution >= 4 is 23.3 Å². The first kappa shape index (κ1) is 16.8. The van der Waals surface area contributed by atoms with Gasteiger partial charge in [0.1, 0.15) is 11.6 Å². The number of aromatic nitrogens is 2. The van der Waals surface area contributed by atoms with Crippen molar-refractivity contribution in [3.63, 3.8) is 0 Å². The van der Waals surface area contributed by atoms with E-state index >= 15 is 0 Å². The molecule has 0 bridgehead atoms. The van der Waals surface area contributed by atoms with Gasteiger partial charge in [-0.05, 0) is 32.4 Å². The second-order valence-electron chi connectivity index (χ2n) is 6.01. The molecule has 7 heteroatoms. The maximum Gasteiger partial charge on any atom is 0.223 e. The van der Waals surface area contributed by atoms with Gasteiger partial charge in [-0.1, -0.05) is 16.8 Å². The first-order valence-corrected chi connectivity index (χ1v) is 8.48. The number of rotatable bonds is 4. The lowest BCUT2D eigenvalue weighted by Gasteiger charge is -2.35. The Balaban J connectivity index is 1.51. The SMILES string of the molecule is Cc1noc(C)c1CCC(=O)N1CCN(c2ccc(Cl)cn2)CC1. The third-order valence-electron chi connectivity index (χ3n) is 4.44. The minimum absolute atomic E-state index is 0.179.